The molecule has 224 valence electrons. The molecular weight excluding hydrogens is 623 g/mol. The summed E-state index contributed by atoms with van der Waals surface area (Å²) >= 11 is 5.05. The lowest BCUT2D eigenvalue weighted by molar-refractivity contribution is -0.0493. The molecule has 0 saturated carbocycles. The first-order chi connectivity index (χ1) is 20.1. The molecule has 7 rings (SSSR count). The van der Waals surface area contributed by atoms with Crippen molar-refractivity contribution in [1.29, 1.82) is 0 Å². The zero-order valence-electron chi connectivity index (χ0n) is 21.1. The van der Waals surface area contributed by atoms with Crippen LogP contribution in [0.25, 0.3) is 22.3 Å². The van der Waals surface area contributed by atoms with Crippen LogP contribution in [0.15, 0.2) is 17.4 Å². The zero-order valence-corrected chi connectivity index (χ0v) is 23.7. The number of hydrogen-bond acceptors (Lipinski definition) is 15. The van der Waals surface area contributed by atoms with Gasteiger partial charge in [0, 0.05) is 12.5 Å². The molecule has 5 N–H and O–H groups in total. The van der Waals surface area contributed by atoms with Gasteiger partial charge in [-0.05, 0) is 6.42 Å². The average Bonchev–Trinajstić information content (AvgIpc) is 3.69. The van der Waals surface area contributed by atoms with Gasteiger partial charge in [-0.15, -0.1) is 5.10 Å². The van der Waals surface area contributed by atoms with Gasteiger partial charge in [-0.2, -0.15) is 9.67 Å². The van der Waals surface area contributed by atoms with E-state index in [-0.39, 0.29) is 47.1 Å². The van der Waals surface area contributed by atoms with Gasteiger partial charge in [0.1, 0.15) is 23.2 Å². The Bertz CT molecular complexity index is 1780. The number of nitrogens with two attached hydrogens (primary N) is 2. The Labute approximate surface area is 242 Å². The largest absolute Gasteiger partial charge is 0.386 e. The second-order valence-corrected chi connectivity index (χ2v) is 13.8. The third-order valence-corrected chi connectivity index (χ3v) is 10.3. The topological polar surface area (TPSA) is 226 Å². The predicted molar refractivity (Wildman–Crippen MR) is 146 cm³/mol. The molecule has 3 aliphatic heterocycles. The minimum atomic E-state index is -4.27. The number of fused-ring (bicyclic) bond motifs is 5. The molecule has 3 aliphatic rings. The molecule has 7 heterocycles. The summed E-state index contributed by atoms with van der Waals surface area (Å²) in [6.07, 6.45) is -4.55. The van der Waals surface area contributed by atoms with Crippen LogP contribution in [0.3, 0.4) is 0 Å². The van der Waals surface area contributed by atoms with E-state index >= 15 is 8.78 Å². The number of thiol groups is 1. The monoisotopic (exact) mass is 645 g/mol. The van der Waals surface area contributed by atoms with Crippen LogP contribution in [0.4, 0.5) is 20.5 Å². The van der Waals surface area contributed by atoms with Crippen molar-refractivity contribution >= 4 is 64.9 Å². The van der Waals surface area contributed by atoms with Gasteiger partial charge in [0.25, 0.3) is 5.56 Å². The summed E-state index contributed by atoms with van der Waals surface area (Å²) in [6.45, 7) is -4.73. The third-order valence-electron chi connectivity index (χ3n) is 7.25. The summed E-state index contributed by atoms with van der Waals surface area (Å²) < 4.78 is 70.5. The Balaban J connectivity index is 1.17. The molecule has 0 radical (unpaired) electrons. The van der Waals surface area contributed by atoms with E-state index < -0.39 is 66.5 Å². The van der Waals surface area contributed by atoms with Crippen LogP contribution in [0.5, 0.6) is 0 Å². The van der Waals surface area contributed by atoms with Crippen LogP contribution >= 0.6 is 30.8 Å². The molecule has 4 aromatic rings. The Morgan fingerprint density at radius 3 is 2.83 bits per heavy atom. The first-order valence-corrected chi connectivity index (χ1v) is 16.1. The van der Waals surface area contributed by atoms with Crippen molar-refractivity contribution in [3.8, 4) is 0 Å². The van der Waals surface area contributed by atoms with Crippen molar-refractivity contribution in [2.45, 2.75) is 48.0 Å². The Morgan fingerprint density at radius 1 is 1.17 bits per heavy atom. The lowest BCUT2D eigenvalue weighted by atomic mass is 9.96. The Hall–Kier alpha value is -2.94. The lowest BCUT2D eigenvalue weighted by Crippen LogP contribution is -2.33. The van der Waals surface area contributed by atoms with E-state index in [1.54, 1.807) is 0 Å². The number of thioether (sulfide) groups is 1. The SMILES string of the molecule is Nc1nc2c(ncn2[C@@H]2SC3OCC[C@H]4[C@H](F)[C@H](n5nnc6c(N)ncnc65)O[C@@H]4COP(=O)(S)O[C@@H]2[C@@H]3F)c(=O)[nH]1. The van der Waals surface area contributed by atoms with Gasteiger partial charge < -0.3 is 20.9 Å². The second kappa shape index (κ2) is 10.4. The van der Waals surface area contributed by atoms with Gasteiger partial charge in [0.2, 0.25) is 5.95 Å². The van der Waals surface area contributed by atoms with Gasteiger partial charge >= 0.3 is 6.80 Å². The molecule has 42 heavy (non-hydrogen) atoms. The number of alkyl halides is 2. The van der Waals surface area contributed by atoms with E-state index in [0.29, 0.717) is 0 Å². The average molecular weight is 646 g/mol. The number of hydrogen-bond donors (Lipinski definition) is 4. The summed E-state index contributed by atoms with van der Waals surface area (Å²) in [6, 6.07) is 0. The van der Waals surface area contributed by atoms with Crippen LogP contribution in [-0.4, -0.2) is 87.7 Å². The Kier molecular flexibility index (Phi) is 6.87. The molecule has 0 amide bonds. The maximum atomic E-state index is 15.9. The highest BCUT2D eigenvalue weighted by atomic mass is 32.7. The van der Waals surface area contributed by atoms with Crippen molar-refractivity contribution in [2.75, 3.05) is 24.7 Å². The van der Waals surface area contributed by atoms with Gasteiger partial charge in [0.15, 0.2) is 46.7 Å². The van der Waals surface area contributed by atoms with E-state index in [2.05, 4.69) is 47.5 Å². The Morgan fingerprint density at radius 2 is 2.00 bits per heavy atom. The molecule has 0 aromatic carbocycles. The summed E-state index contributed by atoms with van der Waals surface area (Å²) in [4.78, 5) is 30.7. The summed E-state index contributed by atoms with van der Waals surface area (Å²) in [5.41, 5.74) is 10.2. The fourth-order valence-corrected chi connectivity index (χ4v) is 8.24. The number of imidazole rings is 1. The second-order valence-electron chi connectivity index (χ2n) is 9.75. The molecule has 17 nitrogen and oxygen atoms in total. The van der Waals surface area contributed by atoms with E-state index in [0.717, 1.165) is 16.4 Å². The van der Waals surface area contributed by atoms with Crippen LogP contribution in [0, 0.1) is 5.92 Å². The molecule has 9 atom stereocenters. The quantitative estimate of drug-likeness (QED) is 0.177. The smallest absolute Gasteiger partial charge is 0.382 e. The number of rotatable bonds is 2. The maximum Gasteiger partial charge on any atom is 0.386 e. The number of nitrogens with one attached hydrogen (secondary N) is 1. The summed E-state index contributed by atoms with van der Waals surface area (Å²) in [7, 11) is 0. The van der Waals surface area contributed by atoms with Crippen molar-refractivity contribution < 1.29 is 31.9 Å². The van der Waals surface area contributed by atoms with Crippen molar-refractivity contribution in [2.24, 2.45) is 5.92 Å². The fourth-order valence-electron chi connectivity index (χ4n) is 5.29. The highest BCUT2D eigenvalue weighted by Crippen LogP contribution is 2.60. The minimum Gasteiger partial charge on any atom is -0.382 e. The van der Waals surface area contributed by atoms with E-state index in [9.17, 15) is 9.36 Å². The highest BCUT2D eigenvalue weighted by Gasteiger charge is 2.53. The van der Waals surface area contributed by atoms with Gasteiger partial charge in [0.05, 0.1) is 19.0 Å². The zero-order chi connectivity index (χ0) is 29.3. The summed E-state index contributed by atoms with van der Waals surface area (Å²) in [5, 5.41) is 6.93. The number of anilines is 2. The molecule has 2 unspecified atom stereocenters. The minimum absolute atomic E-state index is 0.0330. The molecule has 3 saturated heterocycles. The van der Waals surface area contributed by atoms with Gasteiger partial charge in [-0.3, -0.25) is 23.4 Å². The van der Waals surface area contributed by atoms with Crippen LogP contribution in [0.2, 0.25) is 0 Å². The van der Waals surface area contributed by atoms with Crippen molar-refractivity contribution in [1.82, 2.24) is 44.5 Å². The molecule has 0 spiro atoms. The number of aromatic nitrogens is 9. The first kappa shape index (κ1) is 27.9. The molecular formula is C20H22F2N11O6PS2. The number of ether oxygens (including phenoxy) is 2. The number of aromatic amines is 1. The van der Waals surface area contributed by atoms with Gasteiger partial charge in [-0.25, -0.2) is 28.3 Å². The number of halogens is 2. The number of nitrogens with zero attached hydrogens (tertiary/aromatic N) is 8. The van der Waals surface area contributed by atoms with Crippen LogP contribution < -0.4 is 17.0 Å². The maximum absolute atomic E-state index is 15.9. The third kappa shape index (κ3) is 4.63. The van der Waals surface area contributed by atoms with Gasteiger partial charge in [-0.1, -0.05) is 29.2 Å². The molecule has 4 aromatic heterocycles. The van der Waals surface area contributed by atoms with E-state index in [1.165, 1.54) is 17.2 Å². The van der Waals surface area contributed by atoms with E-state index in [1.807, 2.05) is 0 Å². The lowest BCUT2D eigenvalue weighted by Gasteiger charge is -2.26. The molecule has 2 bridgehead atoms. The van der Waals surface area contributed by atoms with Crippen molar-refractivity contribution in [3.05, 3.63) is 23.0 Å². The fraction of sp³-hybridized carbons (Fsp3) is 0.550. The van der Waals surface area contributed by atoms with Crippen LogP contribution in [-0.2, 0) is 23.1 Å². The molecule has 3 fully saturated rings. The van der Waals surface area contributed by atoms with Crippen LogP contribution in [0.1, 0.15) is 18.0 Å². The number of nitrogen functional groups attached to an aromatic ring is 2. The summed E-state index contributed by atoms with van der Waals surface area (Å²) in [5.74, 6) is -0.944. The molecule has 22 heteroatoms. The normalized spacial score (nSPS) is 35.7. The predicted octanol–water partition coefficient (Wildman–Crippen LogP) is 1.14. The number of H-pyrrole nitrogens is 1. The first-order valence-electron chi connectivity index (χ1n) is 12.5. The standard InChI is InChI=1S/C20H22F2N11O6PS2/c21-8-6-1-2-36-19-9(22)12(18(42-19)32-5-27-11-15(32)28-20(24)29-16(11)34)39-40(35,41)37-3-7(6)38-17(8)33-14-10(30-31-33)13(23)25-4-26-14/h4-9,12,17-19H,1-3H2,(H,35,41)(H2,23,25,26)(H3,24,28,29,34)/t6-,7-,8+,9+,12-,17-,18-,19?,40?/m1/s1. The van der Waals surface area contributed by atoms with Crippen molar-refractivity contribution in [3.63, 3.8) is 0 Å². The van der Waals surface area contributed by atoms with E-state index in [4.69, 9.17) is 30.0 Å². The molecule has 0 aliphatic carbocycles. The highest BCUT2D eigenvalue weighted by molar-refractivity contribution is 8.44.